The minimum Gasteiger partial charge on any atom is -0.479 e. The summed E-state index contributed by atoms with van der Waals surface area (Å²) < 4.78 is 14.4. The fourth-order valence-corrected chi connectivity index (χ4v) is 0.672. The van der Waals surface area contributed by atoms with Gasteiger partial charge in [0.15, 0.2) is 6.10 Å². The normalized spacial score (nSPS) is 15.0. The Morgan fingerprint density at radius 2 is 2.27 bits per heavy atom. The molecule has 0 radical (unpaired) electrons. The van der Waals surface area contributed by atoms with Gasteiger partial charge in [-0.05, 0) is 5.56 Å². The number of carboxylic acids is 1. The number of hydrogen-bond acceptors (Lipinski definition) is 2. The van der Waals surface area contributed by atoms with Crippen LogP contribution in [-0.2, 0) is 4.79 Å². The molecule has 3 nitrogen and oxygen atoms in total. The van der Waals surface area contributed by atoms with Gasteiger partial charge < -0.3 is 10.2 Å². The first-order chi connectivity index (χ1) is 6.02. The molecule has 0 aromatic heterocycles. The van der Waals surface area contributed by atoms with Crippen LogP contribution in [0.4, 0.5) is 0 Å². The van der Waals surface area contributed by atoms with Crippen molar-refractivity contribution in [2.24, 2.45) is 0 Å². The Bertz CT molecular complexity index is 338. The van der Waals surface area contributed by atoms with Gasteiger partial charge in [-0.1, -0.05) is 30.3 Å². The molecule has 2 N–H and O–H groups in total. The SMILES string of the molecule is [2H]c1ccc([C@@H](O)C(=O)O)cc1[2H]. The van der Waals surface area contributed by atoms with E-state index in [9.17, 15) is 4.79 Å². The first kappa shape index (κ1) is 5.32. The van der Waals surface area contributed by atoms with Crippen molar-refractivity contribution >= 4 is 5.97 Å². The third-order valence-corrected chi connectivity index (χ3v) is 1.23. The predicted octanol–water partition coefficient (Wildman–Crippen LogP) is 0.805. The van der Waals surface area contributed by atoms with E-state index >= 15 is 0 Å². The van der Waals surface area contributed by atoms with Crippen LogP contribution in [0.1, 0.15) is 14.4 Å². The van der Waals surface area contributed by atoms with Crippen molar-refractivity contribution in [1.82, 2.24) is 0 Å². The van der Waals surface area contributed by atoms with E-state index in [1.54, 1.807) is 0 Å². The van der Waals surface area contributed by atoms with Gasteiger partial charge in [0.1, 0.15) is 0 Å². The first-order valence-electron chi connectivity index (χ1n) is 4.00. The maximum absolute atomic E-state index is 10.3. The lowest BCUT2D eigenvalue weighted by Crippen LogP contribution is -2.09. The van der Waals surface area contributed by atoms with Crippen LogP contribution >= 0.6 is 0 Å². The van der Waals surface area contributed by atoms with E-state index in [-0.39, 0.29) is 17.6 Å². The van der Waals surface area contributed by atoms with Crippen molar-refractivity contribution in [1.29, 1.82) is 0 Å². The van der Waals surface area contributed by atoms with Crippen LogP contribution in [0.25, 0.3) is 0 Å². The van der Waals surface area contributed by atoms with E-state index in [1.807, 2.05) is 0 Å². The molecule has 0 unspecified atom stereocenters. The number of aliphatic carboxylic acids is 1. The molecule has 0 saturated heterocycles. The third kappa shape index (κ3) is 1.78. The summed E-state index contributed by atoms with van der Waals surface area (Å²) in [6, 6.07) is 3.67. The number of benzene rings is 1. The van der Waals surface area contributed by atoms with E-state index in [2.05, 4.69) is 0 Å². The van der Waals surface area contributed by atoms with Crippen LogP contribution < -0.4 is 0 Å². The number of rotatable bonds is 2. The highest BCUT2D eigenvalue weighted by molar-refractivity contribution is 5.73. The molecule has 0 fully saturated rings. The van der Waals surface area contributed by atoms with Gasteiger partial charge in [0.2, 0.25) is 0 Å². The van der Waals surface area contributed by atoms with Crippen LogP contribution in [0, 0.1) is 0 Å². The highest BCUT2D eigenvalue weighted by Gasteiger charge is 2.14. The van der Waals surface area contributed by atoms with Crippen molar-refractivity contribution in [2.45, 2.75) is 6.10 Å². The number of hydrogen-bond donors (Lipinski definition) is 2. The number of aliphatic hydroxyl groups is 1. The molecule has 0 bridgehead atoms. The van der Waals surface area contributed by atoms with Gasteiger partial charge in [-0.25, -0.2) is 4.79 Å². The summed E-state index contributed by atoms with van der Waals surface area (Å²) in [7, 11) is 0. The van der Waals surface area contributed by atoms with E-state index in [0.717, 1.165) is 0 Å². The molecule has 0 spiro atoms. The zero-order valence-corrected chi connectivity index (χ0v) is 5.61. The molecule has 1 atom stereocenters. The summed E-state index contributed by atoms with van der Waals surface area (Å²) in [5, 5.41) is 17.5. The molecule has 58 valence electrons. The third-order valence-electron chi connectivity index (χ3n) is 1.23. The van der Waals surface area contributed by atoms with Crippen LogP contribution in [0.2, 0.25) is 0 Å². The van der Waals surface area contributed by atoms with Crippen molar-refractivity contribution in [2.75, 3.05) is 0 Å². The molecule has 3 heteroatoms. The maximum atomic E-state index is 10.3. The Morgan fingerprint density at radius 1 is 1.55 bits per heavy atom. The molecule has 0 aliphatic heterocycles. The lowest BCUT2D eigenvalue weighted by Gasteiger charge is -2.03. The van der Waals surface area contributed by atoms with Crippen LogP contribution in [0.15, 0.2) is 30.3 Å². The molecular formula is C8H8O3. The van der Waals surface area contributed by atoms with Gasteiger partial charge in [-0.3, -0.25) is 0 Å². The molecule has 0 aliphatic rings. The standard InChI is InChI=1S/C8H8O3/c9-7(8(10)11)6-4-2-1-3-5-6/h1-5,7,9H,(H,10,11)/t7-/m1/s1/i1D,2D. The minimum atomic E-state index is -1.62. The Labute approximate surface area is 66.7 Å². The molecule has 1 aromatic carbocycles. The number of carboxylic acid groups (broad SMARTS) is 1. The number of carbonyl (C=O) groups is 1. The van der Waals surface area contributed by atoms with Gasteiger partial charge in [-0.2, -0.15) is 0 Å². The zero-order valence-electron chi connectivity index (χ0n) is 7.61. The minimum absolute atomic E-state index is 0.00124. The van der Waals surface area contributed by atoms with Crippen molar-refractivity contribution in [3.63, 3.8) is 0 Å². The lowest BCUT2D eigenvalue weighted by atomic mass is 10.1. The van der Waals surface area contributed by atoms with E-state index in [1.165, 1.54) is 18.2 Å². The lowest BCUT2D eigenvalue weighted by molar-refractivity contribution is -0.146. The summed E-state index contributed by atoms with van der Waals surface area (Å²) in [6.45, 7) is 0. The topological polar surface area (TPSA) is 57.5 Å². The molecule has 0 amide bonds. The van der Waals surface area contributed by atoms with Gasteiger partial charge in [0.25, 0.3) is 0 Å². The summed E-state index contributed by atoms with van der Waals surface area (Å²) >= 11 is 0. The van der Waals surface area contributed by atoms with E-state index in [4.69, 9.17) is 13.0 Å². The second kappa shape index (κ2) is 3.16. The summed E-state index contributed by atoms with van der Waals surface area (Å²) in [6.07, 6.45) is -1.62. The summed E-state index contributed by atoms with van der Waals surface area (Å²) in [5.74, 6) is -1.36. The van der Waals surface area contributed by atoms with Crippen molar-refractivity contribution in [3.8, 4) is 0 Å². The van der Waals surface area contributed by atoms with Gasteiger partial charge in [-0.15, -0.1) is 0 Å². The van der Waals surface area contributed by atoms with Gasteiger partial charge in [0, 0.05) is 0 Å². The Balaban J connectivity index is 3.03. The Hall–Kier alpha value is -1.35. The van der Waals surface area contributed by atoms with E-state index < -0.39 is 12.1 Å². The fourth-order valence-electron chi connectivity index (χ4n) is 0.672. The number of aliphatic hydroxyl groups excluding tert-OH is 1. The average Bonchev–Trinajstić information content (AvgIpc) is 2.08. The molecule has 0 heterocycles. The quantitative estimate of drug-likeness (QED) is 0.662. The predicted molar refractivity (Wildman–Crippen MR) is 39.0 cm³/mol. The van der Waals surface area contributed by atoms with Crippen molar-refractivity contribution < 1.29 is 17.7 Å². The van der Waals surface area contributed by atoms with Gasteiger partial charge >= 0.3 is 5.97 Å². The molecule has 0 aliphatic carbocycles. The average molecular weight is 154 g/mol. The monoisotopic (exact) mass is 154 g/mol. The zero-order chi connectivity index (χ0) is 10.0. The molecule has 11 heavy (non-hydrogen) atoms. The molecule has 0 saturated carbocycles. The molecule has 1 aromatic rings. The maximum Gasteiger partial charge on any atom is 0.337 e. The second-order valence-electron chi connectivity index (χ2n) is 2.01. The fraction of sp³-hybridized carbons (Fsp3) is 0.125. The van der Waals surface area contributed by atoms with Gasteiger partial charge in [0.05, 0.1) is 2.74 Å². The smallest absolute Gasteiger partial charge is 0.337 e. The largest absolute Gasteiger partial charge is 0.479 e. The van der Waals surface area contributed by atoms with Crippen LogP contribution in [-0.4, -0.2) is 16.2 Å². The second-order valence-corrected chi connectivity index (χ2v) is 2.01. The Kier molecular flexibility index (Phi) is 1.53. The summed E-state index contributed by atoms with van der Waals surface area (Å²) in [5.41, 5.74) is 0.119. The molecular weight excluding hydrogens is 144 g/mol. The highest BCUT2D eigenvalue weighted by Crippen LogP contribution is 2.10. The first-order valence-corrected chi connectivity index (χ1v) is 3.00. The van der Waals surface area contributed by atoms with Crippen LogP contribution in [0.3, 0.4) is 0 Å². The van der Waals surface area contributed by atoms with E-state index in [0.29, 0.717) is 0 Å². The Morgan fingerprint density at radius 3 is 2.82 bits per heavy atom. The molecule has 1 rings (SSSR count). The highest BCUT2D eigenvalue weighted by atomic mass is 16.4. The van der Waals surface area contributed by atoms with Crippen molar-refractivity contribution in [3.05, 3.63) is 35.8 Å². The summed E-state index contributed by atoms with van der Waals surface area (Å²) in [4.78, 5) is 10.3. The van der Waals surface area contributed by atoms with Crippen LogP contribution in [0.5, 0.6) is 0 Å².